The molecule has 0 radical (unpaired) electrons. The summed E-state index contributed by atoms with van der Waals surface area (Å²) in [6, 6.07) is 18.2. The first-order valence-corrected chi connectivity index (χ1v) is 8.77. The summed E-state index contributed by atoms with van der Waals surface area (Å²) in [6.45, 7) is 16.0. The first kappa shape index (κ1) is 17.8. The molecule has 0 fully saturated rings. The van der Waals surface area contributed by atoms with Crippen LogP contribution in [-0.2, 0) is 17.3 Å². The van der Waals surface area contributed by atoms with Crippen LogP contribution in [0, 0.1) is 0 Å². The van der Waals surface area contributed by atoms with E-state index < -0.39 is 0 Å². The summed E-state index contributed by atoms with van der Waals surface area (Å²) in [5.41, 5.74) is 6.15. The van der Waals surface area contributed by atoms with Crippen LogP contribution in [0.1, 0.15) is 76.6 Å². The van der Waals surface area contributed by atoms with E-state index in [1.54, 1.807) is 0 Å². The van der Waals surface area contributed by atoms with Crippen LogP contribution in [0.3, 0.4) is 0 Å². The SMILES string of the molecule is CC(Cc1cccc(C(C)(C)C)c1)c1cccc(C(C)(C)C)c1. The molecule has 0 nitrogen and oxygen atoms in total. The monoisotopic (exact) mass is 308 g/mol. The Morgan fingerprint density at radius 2 is 1.26 bits per heavy atom. The summed E-state index contributed by atoms with van der Waals surface area (Å²) in [6.07, 6.45) is 1.09. The van der Waals surface area contributed by atoms with E-state index in [4.69, 9.17) is 0 Å². The van der Waals surface area contributed by atoms with E-state index >= 15 is 0 Å². The number of hydrogen-bond donors (Lipinski definition) is 0. The first-order chi connectivity index (χ1) is 10.6. The van der Waals surface area contributed by atoms with Gasteiger partial charge in [0, 0.05) is 0 Å². The van der Waals surface area contributed by atoms with Crippen LogP contribution in [0.15, 0.2) is 48.5 Å². The second-order valence-electron chi connectivity index (χ2n) is 8.93. The minimum absolute atomic E-state index is 0.210. The van der Waals surface area contributed by atoms with Crippen LogP contribution in [0.2, 0.25) is 0 Å². The Bertz CT molecular complexity index is 650. The minimum atomic E-state index is 0.210. The molecule has 1 atom stereocenters. The van der Waals surface area contributed by atoms with Crippen molar-refractivity contribution in [3.8, 4) is 0 Å². The molecule has 0 saturated heterocycles. The molecule has 2 aromatic carbocycles. The molecule has 0 heteroatoms. The molecule has 0 saturated carbocycles. The summed E-state index contributed by atoms with van der Waals surface area (Å²) < 4.78 is 0. The molecule has 0 bridgehead atoms. The molecule has 0 aliphatic heterocycles. The highest BCUT2D eigenvalue weighted by molar-refractivity contribution is 5.33. The molecule has 1 unspecified atom stereocenters. The van der Waals surface area contributed by atoms with Gasteiger partial charge in [-0.25, -0.2) is 0 Å². The predicted octanol–water partition coefficient (Wildman–Crippen LogP) is 6.63. The normalized spacial score (nSPS) is 13.9. The van der Waals surface area contributed by atoms with Gasteiger partial charge in [-0.15, -0.1) is 0 Å². The van der Waals surface area contributed by atoms with Crippen molar-refractivity contribution in [2.45, 2.75) is 71.6 Å². The maximum absolute atomic E-state index is 2.39. The van der Waals surface area contributed by atoms with Crippen molar-refractivity contribution < 1.29 is 0 Å². The van der Waals surface area contributed by atoms with Gasteiger partial charge in [-0.05, 0) is 45.4 Å². The molecule has 23 heavy (non-hydrogen) atoms. The van der Waals surface area contributed by atoms with Crippen molar-refractivity contribution in [3.63, 3.8) is 0 Å². The Hall–Kier alpha value is -1.56. The highest BCUT2D eigenvalue weighted by Crippen LogP contribution is 2.29. The maximum Gasteiger partial charge on any atom is -0.0132 e. The molecule has 2 aromatic rings. The third-order valence-electron chi connectivity index (χ3n) is 4.66. The van der Waals surface area contributed by atoms with E-state index in [9.17, 15) is 0 Å². The molecule has 124 valence electrons. The van der Waals surface area contributed by atoms with Gasteiger partial charge in [-0.1, -0.05) is 97.0 Å². The fourth-order valence-electron chi connectivity index (χ4n) is 2.95. The lowest BCUT2D eigenvalue weighted by atomic mass is 9.82. The van der Waals surface area contributed by atoms with Gasteiger partial charge in [0.25, 0.3) is 0 Å². The summed E-state index contributed by atoms with van der Waals surface area (Å²) >= 11 is 0. The van der Waals surface area contributed by atoms with Gasteiger partial charge in [-0.3, -0.25) is 0 Å². The minimum Gasteiger partial charge on any atom is -0.0617 e. The predicted molar refractivity (Wildman–Crippen MR) is 102 cm³/mol. The van der Waals surface area contributed by atoms with Gasteiger partial charge in [0.2, 0.25) is 0 Å². The van der Waals surface area contributed by atoms with Crippen molar-refractivity contribution in [1.82, 2.24) is 0 Å². The molecule has 0 N–H and O–H groups in total. The quantitative estimate of drug-likeness (QED) is 0.597. The highest BCUT2D eigenvalue weighted by Gasteiger charge is 2.17. The van der Waals surface area contributed by atoms with Crippen molar-refractivity contribution in [2.24, 2.45) is 0 Å². The molecule has 0 aliphatic carbocycles. The second kappa shape index (κ2) is 6.51. The number of benzene rings is 2. The van der Waals surface area contributed by atoms with Crippen molar-refractivity contribution in [2.75, 3.05) is 0 Å². The van der Waals surface area contributed by atoms with Gasteiger partial charge in [0.15, 0.2) is 0 Å². The molecule has 0 heterocycles. The van der Waals surface area contributed by atoms with E-state index in [2.05, 4.69) is 97.0 Å². The van der Waals surface area contributed by atoms with Crippen LogP contribution < -0.4 is 0 Å². The fourth-order valence-corrected chi connectivity index (χ4v) is 2.95. The summed E-state index contributed by atoms with van der Waals surface area (Å²) in [4.78, 5) is 0. The van der Waals surface area contributed by atoms with Gasteiger partial charge < -0.3 is 0 Å². The average Bonchev–Trinajstić information content (AvgIpc) is 2.46. The number of hydrogen-bond acceptors (Lipinski definition) is 0. The highest BCUT2D eigenvalue weighted by atomic mass is 14.2. The molecule has 0 aromatic heterocycles. The largest absolute Gasteiger partial charge is 0.0617 e. The van der Waals surface area contributed by atoms with Crippen LogP contribution in [-0.4, -0.2) is 0 Å². The lowest BCUT2D eigenvalue weighted by Crippen LogP contribution is -2.12. The molecule has 0 spiro atoms. The van der Waals surface area contributed by atoms with E-state index in [1.807, 2.05) is 0 Å². The van der Waals surface area contributed by atoms with Crippen LogP contribution in [0.5, 0.6) is 0 Å². The summed E-state index contributed by atoms with van der Waals surface area (Å²) in [5.74, 6) is 0.535. The topological polar surface area (TPSA) is 0 Å². The Balaban J connectivity index is 2.21. The lowest BCUT2D eigenvalue weighted by Gasteiger charge is -2.22. The molecular weight excluding hydrogens is 276 g/mol. The Kier molecular flexibility index (Phi) is 5.04. The first-order valence-electron chi connectivity index (χ1n) is 8.77. The van der Waals surface area contributed by atoms with Crippen molar-refractivity contribution in [3.05, 3.63) is 70.8 Å². The molecule has 2 rings (SSSR count). The third kappa shape index (κ3) is 4.70. The zero-order chi connectivity index (χ0) is 17.3. The van der Waals surface area contributed by atoms with Gasteiger partial charge in [-0.2, -0.15) is 0 Å². The Morgan fingerprint density at radius 1 is 0.739 bits per heavy atom. The fraction of sp³-hybridized carbons (Fsp3) is 0.478. The second-order valence-corrected chi connectivity index (χ2v) is 8.93. The molecule has 0 aliphatic rings. The molecular formula is C23H32. The summed E-state index contributed by atoms with van der Waals surface area (Å²) in [5, 5.41) is 0. The number of rotatable bonds is 3. The van der Waals surface area contributed by atoms with E-state index in [-0.39, 0.29) is 10.8 Å². The zero-order valence-corrected chi connectivity index (χ0v) is 15.9. The molecule has 0 amide bonds. The smallest absolute Gasteiger partial charge is 0.0132 e. The van der Waals surface area contributed by atoms with E-state index in [0.717, 1.165) is 6.42 Å². The van der Waals surface area contributed by atoms with E-state index in [0.29, 0.717) is 5.92 Å². The third-order valence-corrected chi connectivity index (χ3v) is 4.66. The van der Waals surface area contributed by atoms with Crippen molar-refractivity contribution in [1.29, 1.82) is 0 Å². The standard InChI is InChI=1S/C23H32/c1-17(19-11-9-13-21(16-19)23(5,6)7)14-18-10-8-12-20(15-18)22(2,3)4/h8-13,15-17H,14H2,1-7H3. The van der Waals surface area contributed by atoms with Crippen LogP contribution in [0.4, 0.5) is 0 Å². The van der Waals surface area contributed by atoms with Gasteiger partial charge in [0.1, 0.15) is 0 Å². The van der Waals surface area contributed by atoms with Gasteiger partial charge in [0.05, 0.1) is 0 Å². The van der Waals surface area contributed by atoms with Crippen LogP contribution in [0.25, 0.3) is 0 Å². The maximum atomic E-state index is 2.39. The Morgan fingerprint density at radius 3 is 1.83 bits per heavy atom. The van der Waals surface area contributed by atoms with Crippen molar-refractivity contribution >= 4 is 0 Å². The zero-order valence-electron chi connectivity index (χ0n) is 15.9. The lowest BCUT2D eigenvalue weighted by molar-refractivity contribution is 0.586. The Labute approximate surface area is 143 Å². The van der Waals surface area contributed by atoms with E-state index in [1.165, 1.54) is 22.3 Å². The summed E-state index contributed by atoms with van der Waals surface area (Å²) in [7, 11) is 0. The average molecular weight is 309 g/mol. The van der Waals surface area contributed by atoms with Gasteiger partial charge >= 0.3 is 0 Å². The van der Waals surface area contributed by atoms with Crippen LogP contribution >= 0.6 is 0 Å².